The minimum atomic E-state index is -1.19. The van der Waals surface area contributed by atoms with Crippen molar-refractivity contribution < 1.29 is 38.5 Å². The average molecular weight is 753 g/mol. The molecule has 0 amide bonds. The van der Waals surface area contributed by atoms with E-state index in [9.17, 15) is 24.3 Å². The van der Waals surface area contributed by atoms with Gasteiger partial charge in [0.2, 0.25) is 5.75 Å². The van der Waals surface area contributed by atoms with Crippen molar-refractivity contribution in [1.29, 1.82) is 0 Å². The molecular formula is C49H36O8. The van der Waals surface area contributed by atoms with Gasteiger partial charge in [0, 0.05) is 33.4 Å². The molecule has 8 heteroatoms. The number of ketones is 3. The highest BCUT2D eigenvalue weighted by molar-refractivity contribution is 6.10. The zero-order valence-corrected chi connectivity index (χ0v) is 30.7. The zero-order valence-electron chi connectivity index (χ0n) is 30.7. The molecule has 0 aliphatic carbocycles. The number of benzene rings is 7. The summed E-state index contributed by atoms with van der Waals surface area (Å²) < 4.78 is 18.8. The Morgan fingerprint density at radius 1 is 0.351 bits per heavy atom. The van der Waals surface area contributed by atoms with Gasteiger partial charge in [-0.15, -0.1) is 0 Å². The van der Waals surface area contributed by atoms with Crippen LogP contribution in [0.2, 0.25) is 0 Å². The van der Waals surface area contributed by atoms with Crippen LogP contribution in [0.1, 0.15) is 74.8 Å². The molecule has 8 nitrogen and oxygen atoms in total. The first-order valence-corrected chi connectivity index (χ1v) is 18.2. The molecule has 0 aromatic heterocycles. The van der Waals surface area contributed by atoms with E-state index in [2.05, 4.69) is 0 Å². The van der Waals surface area contributed by atoms with Gasteiger partial charge in [0.1, 0.15) is 19.8 Å². The highest BCUT2D eigenvalue weighted by Crippen LogP contribution is 2.40. The predicted octanol–water partition coefficient (Wildman–Crippen LogP) is 9.81. The van der Waals surface area contributed by atoms with E-state index in [-0.39, 0.29) is 60.0 Å². The molecule has 0 heterocycles. The summed E-state index contributed by atoms with van der Waals surface area (Å²) in [7, 11) is 0. The van der Waals surface area contributed by atoms with Crippen LogP contribution in [0.5, 0.6) is 17.2 Å². The molecule has 0 bridgehead atoms. The minimum Gasteiger partial charge on any atom is -0.485 e. The maximum Gasteiger partial charge on any atom is 0.335 e. The van der Waals surface area contributed by atoms with Gasteiger partial charge in [0.25, 0.3) is 0 Å². The molecule has 1 N–H and O–H groups in total. The summed E-state index contributed by atoms with van der Waals surface area (Å²) in [5.74, 6) is -1.07. The second-order valence-electron chi connectivity index (χ2n) is 13.1. The third kappa shape index (κ3) is 9.39. The SMILES string of the molecule is O=C(O)c1cc(OCc2ccc(C(=O)c3ccccc3)cc2)c(OCc2ccc(C(=O)c3ccccc3)cc2)c(OCc2ccc(C(=O)c3ccccc3)cc2)c1. The van der Waals surface area contributed by atoms with Gasteiger partial charge >= 0.3 is 5.97 Å². The van der Waals surface area contributed by atoms with Crippen LogP contribution in [0, 0.1) is 0 Å². The fraction of sp³-hybridized carbons (Fsp3) is 0.0612. The largest absolute Gasteiger partial charge is 0.485 e. The van der Waals surface area contributed by atoms with Crippen molar-refractivity contribution in [2.24, 2.45) is 0 Å². The van der Waals surface area contributed by atoms with Gasteiger partial charge in [0.05, 0.1) is 5.56 Å². The van der Waals surface area contributed by atoms with Crippen molar-refractivity contribution in [2.75, 3.05) is 0 Å². The molecule has 7 aromatic carbocycles. The van der Waals surface area contributed by atoms with Crippen molar-refractivity contribution in [1.82, 2.24) is 0 Å². The number of hydrogen-bond acceptors (Lipinski definition) is 7. The Balaban J connectivity index is 1.13. The molecule has 0 unspecified atom stereocenters. The van der Waals surface area contributed by atoms with E-state index >= 15 is 0 Å². The third-order valence-corrected chi connectivity index (χ3v) is 9.20. The molecule has 57 heavy (non-hydrogen) atoms. The summed E-state index contributed by atoms with van der Waals surface area (Å²) in [5.41, 5.74) is 5.44. The lowest BCUT2D eigenvalue weighted by Gasteiger charge is -2.18. The number of rotatable bonds is 16. The lowest BCUT2D eigenvalue weighted by molar-refractivity contribution is 0.0694. The van der Waals surface area contributed by atoms with Crippen LogP contribution in [0.25, 0.3) is 0 Å². The Bertz CT molecular complexity index is 2380. The van der Waals surface area contributed by atoms with Crippen LogP contribution >= 0.6 is 0 Å². The van der Waals surface area contributed by atoms with Crippen molar-refractivity contribution in [2.45, 2.75) is 19.8 Å². The monoisotopic (exact) mass is 752 g/mol. The number of carboxylic acid groups (broad SMARTS) is 1. The number of carbonyl (C=O) groups is 4. The standard InChI is InChI=1S/C49H36O8/c50-45(36-10-4-1-5-11-36)39-22-16-33(17-23-39)30-55-43-28-42(49(53)54)29-44(56-31-34-18-24-40(25-19-34)46(51)37-12-6-2-7-13-37)48(43)57-32-35-20-26-41(27-21-35)47(52)38-14-8-3-9-15-38/h1-29H,30-32H2,(H,53,54). The van der Waals surface area contributed by atoms with E-state index in [0.29, 0.717) is 33.4 Å². The molecule has 0 aliphatic heterocycles. The second kappa shape index (κ2) is 17.7. The summed E-state index contributed by atoms with van der Waals surface area (Å²) in [5, 5.41) is 10.1. The minimum absolute atomic E-state index is 0.0336. The molecule has 0 atom stereocenters. The Morgan fingerprint density at radius 3 is 0.930 bits per heavy atom. The van der Waals surface area contributed by atoms with Gasteiger partial charge in [0.15, 0.2) is 28.8 Å². The third-order valence-electron chi connectivity index (χ3n) is 9.20. The quantitative estimate of drug-likeness (QED) is 0.0971. The van der Waals surface area contributed by atoms with Crippen LogP contribution in [0.3, 0.4) is 0 Å². The maximum atomic E-state index is 13.0. The Labute approximate surface area is 329 Å². The molecule has 7 aromatic rings. The molecule has 0 saturated carbocycles. The summed E-state index contributed by atoms with van der Waals surface area (Å²) >= 11 is 0. The highest BCUT2D eigenvalue weighted by atomic mass is 16.5. The van der Waals surface area contributed by atoms with Crippen molar-refractivity contribution in [3.63, 3.8) is 0 Å². The topological polar surface area (TPSA) is 116 Å². The fourth-order valence-corrected chi connectivity index (χ4v) is 6.06. The van der Waals surface area contributed by atoms with Crippen LogP contribution in [-0.2, 0) is 19.8 Å². The van der Waals surface area contributed by atoms with E-state index in [4.69, 9.17) is 14.2 Å². The average Bonchev–Trinajstić information content (AvgIpc) is 3.27. The highest BCUT2D eigenvalue weighted by Gasteiger charge is 2.20. The summed E-state index contributed by atoms with van der Waals surface area (Å²) in [6.07, 6.45) is 0. The predicted molar refractivity (Wildman–Crippen MR) is 215 cm³/mol. The van der Waals surface area contributed by atoms with E-state index in [1.807, 2.05) is 54.6 Å². The van der Waals surface area contributed by atoms with Crippen molar-refractivity contribution in [3.05, 3.63) is 232 Å². The van der Waals surface area contributed by atoms with Gasteiger partial charge in [-0.1, -0.05) is 164 Å². The van der Waals surface area contributed by atoms with Crippen LogP contribution in [0.15, 0.2) is 176 Å². The van der Waals surface area contributed by atoms with E-state index in [0.717, 1.165) is 16.7 Å². The molecule has 0 radical (unpaired) electrons. The molecular weight excluding hydrogens is 717 g/mol. The number of aromatic carboxylic acids is 1. The molecule has 0 aliphatic rings. The fourth-order valence-electron chi connectivity index (χ4n) is 6.06. The van der Waals surface area contributed by atoms with Gasteiger partial charge in [-0.25, -0.2) is 4.79 Å². The smallest absolute Gasteiger partial charge is 0.335 e. The number of ether oxygens (including phenoxy) is 3. The number of carboxylic acids is 1. The summed E-state index contributed by atoms with van der Waals surface area (Å²) in [6, 6.07) is 50.8. The van der Waals surface area contributed by atoms with E-state index in [1.165, 1.54) is 12.1 Å². The van der Waals surface area contributed by atoms with Crippen molar-refractivity contribution >= 4 is 23.3 Å². The molecule has 0 spiro atoms. The van der Waals surface area contributed by atoms with Gasteiger partial charge in [-0.2, -0.15) is 0 Å². The van der Waals surface area contributed by atoms with E-state index in [1.54, 1.807) is 109 Å². The first kappa shape index (κ1) is 37.7. The van der Waals surface area contributed by atoms with E-state index < -0.39 is 5.97 Å². The number of hydrogen-bond donors (Lipinski definition) is 1. The molecule has 0 saturated heterocycles. The lowest BCUT2D eigenvalue weighted by Crippen LogP contribution is -2.07. The Hall–Kier alpha value is -7.58. The lowest BCUT2D eigenvalue weighted by atomic mass is 10.0. The first-order chi connectivity index (χ1) is 27.8. The summed E-state index contributed by atoms with van der Waals surface area (Å²) in [4.78, 5) is 51.2. The first-order valence-electron chi connectivity index (χ1n) is 18.2. The zero-order chi connectivity index (χ0) is 39.6. The molecule has 0 fully saturated rings. The Morgan fingerprint density at radius 2 is 0.632 bits per heavy atom. The summed E-state index contributed by atoms with van der Waals surface area (Å²) in [6.45, 7) is 0.114. The normalized spacial score (nSPS) is 10.7. The van der Waals surface area contributed by atoms with Gasteiger partial charge < -0.3 is 19.3 Å². The number of carbonyl (C=O) groups excluding carboxylic acids is 3. The van der Waals surface area contributed by atoms with Crippen LogP contribution in [-0.4, -0.2) is 28.4 Å². The molecule has 7 rings (SSSR count). The second-order valence-corrected chi connectivity index (χ2v) is 13.1. The molecule has 280 valence electrons. The van der Waals surface area contributed by atoms with Crippen molar-refractivity contribution in [3.8, 4) is 17.2 Å². The maximum absolute atomic E-state index is 13.0. The van der Waals surface area contributed by atoms with Gasteiger partial charge in [-0.3, -0.25) is 14.4 Å². The Kier molecular flexibility index (Phi) is 11.7. The van der Waals surface area contributed by atoms with Crippen LogP contribution < -0.4 is 14.2 Å². The van der Waals surface area contributed by atoms with Crippen LogP contribution in [0.4, 0.5) is 0 Å². The van der Waals surface area contributed by atoms with Gasteiger partial charge in [-0.05, 0) is 28.8 Å².